The Bertz CT molecular complexity index is 772. The van der Waals surface area contributed by atoms with Crippen molar-refractivity contribution in [3.05, 3.63) is 48.4 Å². The maximum Gasteiger partial charge on any atom is 0.257 e. The normalized spacial score (nSPS) is 20.8. The van der Waals surface area contributed by atoms with Crippen LogP contribution in [0.15, 0.2) is 42.9 Å². The number of nitrogens with zero attached hydrogens (tertiary/aromatic N) is 3. The van der Waals surface area contributed by atoms with E-state index in [0.717, 1.165) is 52.1 Å². The van der Waals surface area contributed by atoms with Gasteiger partial charge in [0.2, 0.25) is 5.88 Å². The van der Waals surface area contributed by atoms with Crippen molar-refractivity contribution in [3.8, 4) is 11.6 Å². The van der Waals surface area contributed by atoms with Crippen LogP contribution in [0.1, 0.15) is 29.6 Å². The second kappa shape index (κ2) is 9.12. The lowest BCUT2D eigenvalue weighted by molar-refractivity contribution is 0.0900. The van der Waals surface area contributed by atoms with Crippen LogP contribution in [0.3, 0.4) is 0 Å². The predicted molar refractivity (Wildman–Crippen MR) is 104 cm³/mol. The Morgan fingerprint density at radius 2 is 2.07 bits per heavy atom. The van der Waals surface area contributed by atoms with E-state index in [1.807, 2.05) is 0 Å². The summed E-state index contributed by atoms with van der Waals surface area (Å²) in [7, 11) is 0. The minimum absolute atomic E-state index is 0.144. The molecule has 0 spiro atoms. The Balaban J connectivity index is 1.32. The smallest absolute Gasteiger partial charge is 0.257 e. The van der Waals surface area contributed by atoms with Crippen LogP contribution in [0.25, 0.3) is 0 Å². The molecule has 0 aliphatic carbocycles. The molecule has 0 saturated carbocycles. The summed E-state index contributed by atoms with van der Waals surface area (Å²) in [4.78, 5) is 23.5. The van der Waals surface area contributed by atoms with Gasteiger partial charge in [0.05, 0.1) is 12.8 Å². The fourth-order valence-corrected chi connectivity index (χ4v) is 3.78. The molecule has 28 heavy (non-hydrogen) atoms. The molecule has 2 aliphatic heterocycles. The molecule has 148 valence electrons. The fraction of sp³-hybridized carbons (Fsp3) is 0.476. The summed E-state index contributed by atoms with van der Waals surface area (Å²) in [5.41, 5.74) is 0.442. The lowest BCUT2D eigenvalue weighted by Gasteiger charge is -2.33. The first-order valence-corrected chi connectivity index (χ1v) is 9.92. The van der Waals surface area contributed by atoms with Crippen molar-refractivity contribution < 1.29 is 14.3 Å². The highest BCUT2D eigenvalue weighted by atomic mass is 16.5. The summed E-state index contributed by atoms with van der Waals surface area (Å²) in [5.74, 6) is 1.37. The summed E-state index contributed by atoms with van der Waals surface area (Å²) >= 11 is 0. The highest BCUT2D eigenvalue weighted by Gasteiger charge is 2.25. The molecular weight excluding hydrogens is 356 g/mol. The zero-order chi connectivity index (χ0) is 19.2. The minimum Gasteiger partial charge on any atom is -0.437 e. The minimum atomic E-state index is -0.144. The van der Waals surface area contributed by atoms with Crippen LogP contribution in [0, 0.1) is 5.92 Å². The predicted octanol–water partition coefficient (Wildman–Crippen LogP) is 2.50. The van der Waals surface area contributed by atoms with Crippen molar-refractivity contribution in [2.75, 3.05) is 32.8 Å². The Kier molecular flexibility index (Phi) is 6.14. The van der Waals surface area contributed by atoms with Gasteiger partial charge in [-0.3, -0.25) is 9.78 Å². The molecular formula is C21H26N4O3. The second-order valence-corrected chi connectivity index (χ2v) is 7.42. The molecule has 1 amide bonds. The van der Waals surface area contributed by atoms with E-state index in [4.69, 9.17) is 9.47 Å². The van der Waals surface area contributed by atoms with Gasteiger partial charge in [-0.15, -0.1) is 0 Å². The average molecular weight is 382 g/mol. The lowest BCUT2D eigenvalue weighted by Crippen LogP contribution is -2.45. The molecule has 1 N–H and O–H groups in total. The number of hydrogen-bond donors (Lipinski definition) is 1. The Morgan fingerprint density at radius 1 is 1.21 bits per heavy atom. The first-order valence-electron chi connectivity index (χ1n) is 9.92. The van der Waals surface area contributed by atoms with E-state index in [1.54, 1.807) is 42.9 Å². The van der Waals surface area contributed by atoms with E-state index in [1.165, 1.54) is 0 Å². The van der Waals surface area contributed by atoms with Crippen LogP contribution >= 0.6 is 0 Å². The van der Waals surface area contributed by atoms with Gasteiger partial charge in [0.15, 0.2) is 0 Å². The molecule has 0 aromatic carbocycles. The van der Waals surface area contributed by atoms with Gasteiger partial charge in [-0.25, -0.2) is 4.98 Å². The fourth-order valence-electron chi connectivity index (χ4n) is 3.78. The van der Waals surface area contributed by atoms with Gasteiger partial charge >= 0.3 is 0 Å². The van der Waals surface area contributed by atoms with Gasteiger partial charge in [0, 0.05) is 44.7 Å². The highest BCUT2D eigenvalue weighted by Crippen LogP contribution is 2.23. The number of amides is 1. The largest absolute Gasteiger partial charge is 0.437 e. The molecule has 4 rings (SSSR count). The second-order valence-electron chi connectivity index (χ2n) is 7.42. The quantitative estimate of drug-likeness (QED) is 0.827. The van der Waals surface area contributed by atoms with Gasteiger partial charge < -0.3 is 19.7 Å². The number of pyridine rings is 2. The number of likely N-dealkylation sites (tertiary alicyclic amines) is 1. The van der Waals surface area contributed by atoms with Crippen LogP contribution in [0.2, 0.25) is 0 Å². The number of piperidine rings is 1. The first kappa shape index (κ1) is 18.8. The number of hydrogen-bond acceptors (Lipinski definition) is 6. The zero-order valence-electron chi connectivity index (χ0n) is 15.9. The summed E-state index contributed by atoms with van der Waals surface area (Å²) in [5, 5.41) is 3.15. The van der Waals surface area contributed by atoms with Crippen LogP contribution < -0.4 is 10.1 Å². The molecule has 7 heteroatoms. The van der Waals surface area contributed by atoms with Crippen molar-refractivity contribution in [3.63, 3.8) is 0 Å². The van der Waals surface area contributed by atoms with E-state index in [2.05, 4.69) is 20.2 Å². The summed E-state index contributed by atoms with van der Waals surface area (Å²) in [6.07, 6.45) is 7.97. The van der Waals surface area contributed by atoms with Crippen molar-refractivity contribution in [2.24, 2.45) is 5.92 Å². The number of ether oxygens (including phenoxy) is 2. The first-order chi connectivity index (χ1) is 13.8. The van der Waals surface area contributed by atoms with E-state index in [0.29, 0.717) is 23.1 Å². The molecule has 4 heterocycles. The number of rotatable bonds is 6. The van der Waals surface area contributed by atoms with Gasteiger partial charge in [0.1, 0.15) is 11.3 Å². The SMILES string of the molecule is O=C(NC1CCN(CC2CCOC2)CC1)c1cccnc1Oc1cccnc1. The maximum absolute atomic E-state index is 12.8. The number of nitrogens with one attached hydrogen (secondary N) is 1. The van der Waals surface area contributed by atoms with Crippen molar-refractivity contribution in [1.29, 1.82) is 0 Å². The average Bonchev–Trinajstić information content (AvgIpc) is 3.24. The molecule has 7 nitrogen and oxygen atoms in total. The van der Waals surface area contributed by atoms with Crippen molar-refractivity contribution >= 4 is 5.91 Å². The van der Waals surface area contributed by atoms with E-state index in [9.17, 15) is 4.79 Å². The molecule has 1 unspecified atom stereocenters. The van der Waals surface area contributed by atoms with Crippen LogP contribution in [0.5, 0.6) is 11.6 Å². The third-order valence-corrected chi connectivity index (χ3v) is 5.33. The van der Waals surface area contributed by atoms with Gasteiger partial charge in [-0.2, -0.15) is 0 Å². The number of aromatic nitrogens is 2. The van der Waals surface area contributed by atoms with Crippen LogP contribution in [-0.4, -0.2) is 59.7 Å². The third kappa shape index (κ3) is 4.85. The molecule has 2 aromatic heterocycles. The number of carbonyl (C=O) groups is 1. The molecule has 2 aliphatic rings. The van der Waals surface area contributed by atoms with Crippen LogP contribution in [-0.2, 0) is 4.74 Å². The zero-order valence-corrected chi connectivity index (χ0v) is 15.9. The molecule has 2 fully saturated rings. The topological polar surface area (TPSA) is 76.6 Å². The van der Waals surface area contributed by atoms with E-state index >= 15 is 0 Å². The lowest BCUT2D eigenvalue weighted by atomic mass is 10.0. The Morgan fingerprint density at radius 3 is 2.82 bits per heavy atom. The summed E-state index contributed by atoms with van der Waals surface area (Å²) in [6, 6.07) is 7.23. The van der Waals surface area contributed by atoms with Gasteiger partial charge in [-0.05, 0) is 49.4 Å². The summed E-state index contributed by atoms with van der Waals surface area (Å²) in [6.45, 7) is 4.90. The van der Waals surface area contributed by atoms with Crippen molar-refractivity contribution in [1.82, 2.24) is 20.2 Å². The summed E-state index contributed by atoms with van der Waals surface area (Å²) < 4.78 is 11.2. The molecule has 1 atom stereocenters. The maximum atomic E-state index is 12.8. The van der Waals surface area contributed by atoms with E-state index < -0.39 is 0 Å². The van der Waals surface area contributed by atoms with Gasteiger partial charge in [-0.1, -0.05) is 0 Å². The Hall–Kier alpha value is -2.51. The van der Waals surface area contributed by atoms with Crippen LogP contribution in [0.4, 0.5) is 0 Å². The molecule has 0 bridgehead atoms. The van der Waals surface area contributed by atoms with E-state index in [-0.39, 0.29) is 11.9 Å². The third-order valence-electron chi connectivity index (χ3n) is 5.33. The monoisotopic (exact) mass is 382 g/mol. The molecule has 2 saturated heterocycles. The van der Waals surface area contributed by atoms with Gasteiger partial charge in [0.25, 0.3) is 5.91 Å². The van der Waals surface area contributed by atoms with Crippen molar-refractivity contribution in [2.45, 2.75) is 25.3 Å². The standard InChI is InChI=1S/C21H26N4O3/c26-20(19-4-2-9-23-21(19)28-18-3-1-8-22-13-18)24-17-5-10-25(11-6-17)14-16-7-12-27-15-16/h1-4,8-9,13,16-17H,5-7,10-12,14-15H2,(H,24,26). The number of carbonyl (C=O) groups excluding carboxylic acids is 1. The molecule has 0 radical (unpaired) electrons. The highest BCUT2D eigenvalue weighted by molar-refractivity contribution is 5.96. The molecule has 2 aromatic rings. The Labute approximate surface area is 165 Å².